The number of anilines is 1. The Morgan fingerprint density at radius 3 is 2.39 bits per heavy atom. The number of aryl methyl sites for hydroxylation is 1. The normalized spacial score (nSPS) is 10.3. The molecule has 2 aromatic carbocycles. The minimum Gasteiger partial charge on any atom is -0.452 e. The number of amides is 1. The van der Waals surface area contributed by atoms with E-state index in [1.54, 1.807) is 18.2 Å². The molecule has 0 aliphatic rings. The fourth-order valence-corrected chi connectivity index (χ4v) is 2.05. The molecular formula is C16H12BrF2NO3. The third kappa shape index (κ3) is 4.85. The number of carbonyl (C=O) groups is 2. The van der Waals surface area contributed by atoms with Gasteiger partial charge in [-0.15, -0.1) is 0 Å². The molecule has 0 atom stereocenters. The third-order valence-corrected chi connectivity index (χ3v) is 3.76. The van der Waals surface area contributed by atoms with Crippen molar-refractivity contribution in [1.29, 1.82) is 0 Å². The summed E-state index contributed by atoms with van der Waals surface area (Å²) < 4.78 is 31.7. The second-order valence-electron chi connectivity index (χ2n) is 4.75. The molecule has 0 saturated carbocycles. The molecule has 0 aliphatic carbocycles. The summed E-state index contributed by atoms with van der Waals surface area (Å²) in [5.74, 6) is -3.33. The van der Waals surface area contributed by atoms with E-state index in [1.807, 2.05) is 6.92 Å². The summed E-state index contributed by atoms with van der Waals surface area (Å²) in [6, 6.07) is 7.50. The number of hydrogen-bond acceptors (Lipinski definition) is 3. The van der Waals surface area contributed by atoms with Gasteiger partial charge in [0.15, 0.2) is 6.61 Å². The zero-order valence-corrected chi connectivity index (χ0v) is 13.6. The minimum absolute atomic E-state index is 0.296. The SMILES string of the molecule is Cc1cc(NC(=O)COC(=O)c2cc(F)cc(F)c2)ccc1Br. The van der Waals surface area contributed by atoms with Gasteiger partial charge < -0.3 is 10.1 Å². The molecule has 0 heterocycles. The molecule has 4 nitrogen and oxygen atoms in total. The highest BCUT2D eigenvalue weighted by Gasteiger charge is 2.13. The number of nitrogens with one attached hydrogen (secondary N) is 1. The monoisotopic (exact) mass is 383 g/mol. The zero-order valence-electron chi connectivity index (χ0n) is 12.0. The van der Waals surface area contributed by atoms with Gasteiger partial charge in [-0.25, -0.2) is 13.6 Å². The van der Waals surface area contributed by atoms with Gasteiger partial charge in [0.2, 0.25) is 0 Å². The van der Waals surface area contributed by atoms with Crippen LogP contribution in [-0.4, -0.2) is 18.5 Å². The molecule has 0 bridgehead atoms. The van der Waals surface area contributed by atoms with Crippen molar-refractivity contribution < 1.29 is 23.1 Å². The maximum atomic E-state index is 13.0. The molecule has 0 spiro atoms. The quantitative estimate of drug-likeness (QED) is 0.816. The summed E-state index contributed by atoms with van der Waals surface area (Å²) >= 11 is 3.34. The lowest BCUT2D eigenvalue weighted by Crippen LogP contribution is -2.21. The van der Waals surface area contributed by atoms with Gasteiger partial charge in [-0.2, -0.15) is 0 Å². The second-order valence-corrected chi connectivity index (χ2v) is 5.60. The maximum Gasteiger partial charge on any atom is 0.338 e. The van der Waals surface area contributed by atoms with Gasteiger partial charge >= 0.3 is 5.97 Å². The molecule has 23 heavy (non-hydrogen) atoms. The summed E-state index contributed by atoms with van der Waals surface area (Å²) in [6.07, 6.45) is 0. The summed E-state index contributed by atoms with van der Waals surface area (Å²) in [5, 5.41) is 2.55. The molecule has 2 aromatic rings. The predicted octanol–water partition coefficient (Wildman–Crippen LogP) is 3.83. The van der Waals surface area contributed by atoms with Gasteiger partial charge in [-0.05, 0) is 42.8 Å². The smallest absolute Gasteiger partial charge is 0.338 e. The molecule has 1 amide bonds. The molecule has 0 fully saturated rings. The molecular weight excluding hydrogens is 372 g/mol. The molecule has 7 heteroatoms. The Bertz CT molecular complexity index is 745. The fraction of sp³-hybridized carbons (Fsp3) is 0.125. The first-order chi connectivity index (χ1) is 10.8. The summed E-state index contributed by atoms with van der Waals surface area (Å²) in [7, 11) is 0. The van der Waals surface area contributed by atoms with Crippen LogP contribution in [0.5, 0.6) is 0 Å². The molecule has 0 unspecified atom stereocenters. The topological polar surface area (TPSA) is 55.4 Å². The van der Waals surface area contributed by atoms with E-state index < -0.39 is 30.1 Å². The van der Waals surface area contributed by atoms with Crippen molar-refractivity contribution in [3.63, 3.8) is 0 Å². The van der Waals surface area contributed by atoms with Crippen molar-refractivity contribution in [3.8, 4) is 0 Å². The van der Waals surface area contributed by atoms with Gasteiger partial charge in [0.25, 0.3) is 5.91 Å². The molecule has 0 aliphatic heterocycles. The van der Waals surface area contributed by atoms with Gasteiger partial charge in [-0.1, -0.05) is 15.9 Å². The van der Waals surface area contributed by atoms with E-state index in [2.05, 4.69) is 21.2 Å². The summed E-state index contributed by atoms with van der Waals surface area (Å²) in [5.41, 5.74) is 1.17. The Morgan fingerprint density at radius 1 is 1.13 bits per heavy atom. The maximum absolute atomic E-state index is 13.0. The molecule has 2 rings (SSSR count). The van der Waals surface area contributed by atoms with Crippen molar-refractivity contribution in [3.05, 3.63) is 63.6 Å². The van der Waals surface area contributed by atoms with Gasteiger partial charge in [0, 0.05) is 16.2 Å². The number of esters is 1. The van der Waals surface area contributed by atoms with E-state index >= 15 is 0 Å². The van der Waals surface area contributed by atoms with E-state index in [-0.39, 0.29) is 5.56 Å². The Kier molecular flexibility index (Phi) is 5.44. The van der Waals surface area contributed by atoms with Crippen LogP contribution in [0.4, 0.5) is 14.5 Å². The Labute approximate surface area is 139 Å². The Balaban J connectivity index is 1.93. The Hall–Kier alpha value is -2.28. The van der Waals surface area contributed by atoms with Crippen LogP contribution >= 0.6 is 15.9 Å². The highest BCUT2D eigenvalue weighted by molar-refractivity contribution is 9.10. The number of carbonyl (C=O) groups excluding carboxylic acids is 2. The minimum atomic E-state index is -0.981. The van der Waals surface area contributed by atoms with Crippen molar-refractivity contribution >= 4 is 33.5 Å². The van der Waals surface area contributed by atoms with Gasteiger partial charge in [-0.3, -0.25) is 4.79 Å². The fourth-order valence-electron chi connectivity index (χ4n) is 1.81. The summed E-state index contributed by atoms with van der Waals surface area (Å²) in [4.78, 5) is 23.4. The van der Waals surface area contributed by atoms with Crippen LogP contribution in [0.1, 0.15) is 15.9 Å². The van der Waals surface area contributed by atoms with E-state index in [1.165, 1.54) is 0 Å². The summed E-state index contributed by atoms with van der Waals surface area (Å²) in [6.45, 7) is 1.30. The second kappa shape index (κ2) is 7.32. The van der Waals surface area contributed by atoms with Crippen molar-refractivity contribution in [2.75, 3.05) is 11.9 Å². The highest BCUT2D eigenvalue weighted by Crippen LogP contribution is 2.20. The van der Waals surface area contributed by atoms with E-state index in [9.17, 15) is 18.4 Å². The lowest BCUT2D eigenvalue weighted by atomic mass is 10.2. The van der Waals surface area contributed by atoms with Crippen molar-refractivity contribution in [1.82, 2.24) is 0 Å². The van der Waals surface area contributed by atoms with Crippen LogP contribution in [0.3, 0.4) is 0 Å². The van der Waals surface area contributed by atoms with Crippen LogP contribution in [0.15, 0.2) is 40.9 Å². The first-order valence-electron chi connectivity index (χ1n) is 6.54. The first-order valence-corrected chi connectivity index (χ1v) is 7.33. The largest absolute Gasteiger partial charge is 0.452 e. The van der Waals surface area contributed by atoms with Crippen LogP contribution in [0.2, 0.25) is 0 Å². The average molecular weight is 384 g/mol. The van der Waals surface area contributed by atoms with E-state index in [0.29, 0.717) is 11.8 Å². The van der Waals surface area contributed by atoms with Crippen molar-refractivity contribution in [2.45, 2.75) is 6.92 Å². The predicted molar refractivity (Wildman–Crippen MR) is 84.1 cm³/mol. The van der Waals surface area contributed by atoms with Gasteiger partial charge in [0.05, 0.1) is 5.56 Å². The number of ether oxygens (including phenoxy) is 1. The van der Waals surface area contributed by atoms with Gasteiger partial charge in [0.1, 0.15) is 11.6 Å². The number of rotatable bonds is 4. The van der Waals surface area contributed by atoms with Crippen molar-refractivity contribution in [2.24, 2.45) is 0 Å². The van der Waals surface area contributed by atoms with E-state index in [4.69, 9.17) is 4.74 Å². The highest BCUT2D eigenvalue weighted by atomic mass is 79.9. The van der Waals surface area contributed by atoms with Crippen LogP contribution in [0.25, 0.3) is 0 Å². The number of benzene rings is 2. The lowest BCUT2D eigenvalue weighted by molar-refractivity contribution is -0.119. The molecule has 0 aromatic heterocycles. The first kappa shape index (κ1) is 17.1. The molecule has 1 N–H and O–H groups in total. The molecule has 0 saturated heterocycles. The molecule has 0 radical (unpaired) electrons. The standard InChI is InChI=1S/C16H12BrF2NO3/c1-9-4-13(2-3-14(9)17)20-15(21)8-23-16(22)10-5-11(18)7-12(19)6-10/h2-7H,8H2,1H3,(H,20,21). The van der Waals surface area contributed by atoms with Crippen LogP contribution in [-0.2, 0) is 9.53 Å². The average Bonchev–Trinajstić information content (AvgIpc) is 2.47. The van der Waals surface area contributed by atoms with E-state index in [0.717, 1.165) is 22.2 Å². The zero-order chi connectivity index (χ0) is 17.0. The Morgan fingerprint density at radius 2 is 1.78 bits per heavy atom. The van der Waals surface area contributed by atoms with Crippen LogP contribution < -0.4 is 5.32 Å². The third-order valence-electron chi connectivity index (χ3n) is 2.87. The number of hydrogen-bond donors (Lipinski definition) is 1. The van der Waals surface area contributed by atoms with Crippen LogP contribution in [0, 0.1) is 18.6 Å². The number of halogens is 3. The molecule has 120 valence electrons. The lowest BCUT2D eigenvalue weighted by Gasteiger charge is -2.08.